The summed E-state index contributed by atoms with van der Waals surface area (Å²) >= 11 is 19.3. The first-order valence-electron chi connectivity index (χ1n) is 5.33. The van der Waals surface area contributed by atoms with Gasteiger partial charge in [0.05, 0.1) is 15.1 Å². The van der Waals surface area contributed by atoms with E-state index >= 15 is 0 Å². The Morgan fingerprint density at radius 3 is 2.55 bits per heavy atom. The van der Waals surface area contributed by atoms with Gasteiger partial charge in [-0.3, -0.25) is 0 Å². The molecule has 20 heavy (non-hydrogen) atoms. The molecule has 3 aromatic rings. The first-order valence-corrected chi connectivity index (χ1v) is 7.28. The summed E-state index contributed by atoms with van der Waals surface area (Å²) in [6, 6.07) is 3.27. The molecule has 0 radical (unpaired) electrons. The SMILES string of the molecule is Nc1ncnc2[nH]c(Sc3cc(Cl)c(Cl)cc3Cl)nc12. The quantitative estimate of drug-likeness (QED) is 0.684. The van der Waals surface area contributed by atoms with Gasteiger partial charge in [-0.25, -0.2) is 15.0 Å². The highest BCUT2D eigenvalue weighted by Gasteiger charge is 2.12. The van der Waals surface area contributed by atoms with Crippen LogP contribution in [0.15, 0.2) is 28.5 Å². The van der Waals surface area contributed by atoms with Crippen molar-refractivity contribution >= 4 is 63.5 Å². The van der Waals surface area contributed by atoms with E-state index in [1.165, 1.54) is 18.1 Å². The van der Waals surface area contributed by atoms with Crippen LogP contribution in [0.2, 0.25) is 15.1 Å². The Hall–Kier alpha value is -1.21. The number of nitrogens with one attached hydrogen (secondary N) is 1. The van der Waals surface area contributed by atoms with Crippen LogP contribution in [0.3, 0.4) is 0 Å². The number of H-pyrrole nitrogens is 1. The highest BCUT2D eigenvalue weighted by molar-refractivity contribution is 7.99. The minimum atomic E-state index is 0.318. The van der Waals surface area contributed by atoms with Crippen LogP contribution in [0, 0.1) is 0 Å². The van der Waals surface area contributed by atoms with Crippen molar-refractivity contribution in [1.29, 1.82) is 0 Å². The summed E-state index contributed by atoms with van der Waals surface area (Å²) in [6.07, 6.45) is 1.37. The molecule has 0 aliphatic carbocycles. The number of hydrogen-bond donors (Lipinski definition) is 2. The monoisotopic (exact) mass is 345 g/mol. The van der Waals surface area contributed by atoms with Gasteiger partial charge in [-0.1, -0.05) is 46.6 Å². The molecule has 0 spiro atoms. The van der Waals surface area contributed by atoms with Gasteiger partial charge in [0.2, 0.25) is 0 Å². The van der Waals surface area contributed by atoms with Gasteiger partial charge in [-0.05, 0) is 12.1 Å². The fourth-order valence-corrected chi connectivity index (χ4v) is 3.11. The molecule has 0 unspecified atom stereocenters. The molecule has 0 saturated carbocycles. The van der Waals surface area contributed by atoms with E-state index in [-0.39, 0.29) is 0 Å². The molecular weight excluding hydrogens is 341 g/mol. The lowest BCUT2D eigenvalue weighted by Gasteiger charge is -2.03. The van der Waals surface area contributed by atoms with Crippen LogP contribution in [0.1, 0.15) is 0 Å². The summed E-state index contributed by atoms with van der Waals surface area (Å²) in [6.45, 7) is 0. The van der Waals surface area contributed by atoms with Crippen molar-refractivity contribution in [2.24, 2.45) is 0 Å². The second-order valence-corrected chi connectivity index (χ2v) is 6.05. The molecule has 9 heteroatoms. The van der Waals surface area contributed by atoms with E-state index in [0.717, 1.165) is 4.90 Å². The number of imidazole rings is 1. The second kappa shape index (κ2) is 5.29. The average Bonchev–Trinajstić information content (AvgIpc) is 2.80. The lowest BCUT2D eigenvalue weighted by molar-refractivity contribution is 1.07. The molecule has 3 N–H and O–H groups in total. The molecular formula is C11H6Cl3N5S. The van der Waals surface area contributed by atoms with Gasteiger partial charge < -0.3 is 10.7 Å². The number of nitrogen functional groups attached to an aromatic ring is 1. The third-order valence-electron chi connectivity index (χ3n) is 2.47. The molecule has 2 heterocycles. The third-order valence-corrected chi connectivity index (χ3v) is 4.56. The molecule has 0 aliphatic rings. The minimum Gasteiger partial charge on any atom is -0.382 e. The smallest absolute Gasteiger partial charge is 0.172 e. The summed E-state index contributed by atoms with van der Waals surface area (Å²) in [5.41, 5.74) is 6.81. The van der Waals surface area contributed by atoms with Crippen LogP contribution in [0.5, 0.6) is 0 Å². The van der Waals surface area contributed by atoms with Gasteiger partial charge in [0.25, 0.3) is 0 Å². The molecule has 0 aliphatic heterocycles. The fourth-order valence-electron chi connectivity index (χ4n) is 1.56. The zero-order valence-electron chi connectivity index (χ0n) is 9.69. The van der Waals surface area contributed by atoms with E-state index in [0.29, 0.717) is 37.2 Å². The lowest BCUT2D eigenvalue weighted by Crippen LogP contribution is -1.91. The van der Waals surface area contributed by atoms with Crippen LogP contribution in [-0.4, -0.2) is 19.9 Å². The summed E-state index contributed by atoms with van der Waals surface area (Å²) in [7, 11) is 0. The van der Waals surface area contributed by atoms with Crippen LogP contribution < -0.4 is 5.73 Å². The topological polar surface area (TPSA) is 80.5 Å². The zero-order valence-corrected chi connectivity index (χ0v) is 12.8. The van der Waals surface area contributed by atoms with E-state index in [4.69, 9.17) is 40.5 Å². The highest BCUT2D eigenvalue weighted by Crippen LogP contribution is 2.37. The number of nitrogens with zero attached hydrogens (tertiary/aromatic N) is 3. The van der Waals surface area contributed by atoms with Gasteiger partial charge >= 0.3 is 0 Å². The molecule has 102 valence electrons. The molecule has 0 saturated heterocycles. The van der Waals surface area contributed by atoms with Gasteiger partial charge in [-0.2, -0.15) is 0 Å². The molecule has 3 rings (SSSR count). The highest BCUT2D eigenvalue weighted by atomic mass is 35.5. The number of benzene rings is 1. The Kier molecular flexibility index (Phi) is 3.64. The van der Waals surface area contributed by atoms with Crippen LogP contribution >= 0.6 is 46.6 Å². The maximum Gasteiger partial charge on any atom is 0.172 e. The van der Waals surface area contributed by atoms with Crippen molar-refractivity contribution < 1.29 is 0 Å². The predicted molar refractivity (Wildman–Crippen MR) is 81.7 cm³/mol. The van der Waals surface area contributed by atoms with Crippen molar-refractivity contribution in [3.8, 4) is 0 Å². The molecule has 0 amide bonds. The Morgan fingerprint density at radius 2 is 1.80 bits per heavy atom. The van der Waals surface area contributed by atoms with E-state index in [9.17, 15) is 0 Å². The largest absolute Gasteiger partial charge is 0.382 e. The zero-order chi connectivity index (χ0) is 14.3. The fraction of sp³-hybridized carbons (Fsp3) is 0. The van der Waals surface area contributed by atoms with Crippen molar-refractivity contribution in [2.75, 3.05) is 5.73 Å². The Morgan fingerprint density at radius 1 is 1.05 bits per heavy atom. The van der Waals surface area contributed by atoms with Crippen molar-refractivity contribution in [3.05, 3.63) is 33.5 Å². The third kappa shape index (κ3) is 2.52. The maximum atomic E-state index is 6.12. The Bertz CT molecular complexity index is 804. The van der Waals surface area contributed by atoms with Gasteiger partial charge in [0.15, 0.2) is 22.1 Å². The number of nitrogens with two attached hydrogens (primary N) is 1. The molecule has 0 fully saturated rings. The number of fused-ring (bicyclic) bond motifs is 1. The normalized spacial score (nSPS) is 11.2. The Balaban J connectivity index is 2.01. The van der Waals surface area contributed by atoms with Crippen molar-refractivity contribution in [2.45, 2.75) is 10.1 Å². The van der Waals surface area contributed by atoms with Gasteiger partial charge in [0.1, 0.15) is 6.33 Å². The lowest BCUT2D eigenvalue weighted by atomic mass is 10.4. The van der Waals surface area contributed by atoms with Crippen LogP contribution in [-0.2, 0) is 0 Å². The summed E-state index contributed by atoms with van der Waals surface area (Å²) in [5.74, 6) is 0.318. The van der Waals surface area contributed by atoms with E-state index in [2.05, 4.69) is 19.9 Å². The van der Waals surface area contributed by atoms with E-state index < -0.39 is 0 Å². The molecule has 0 bridgehead atoms. The molecule has 1 aromatic carbocycles. The molecule has 0 atom stereocenters. The predicted octanol–water partition coefficient (Wildman–Crippen LogP) is 4.05. The number of halogens is 3. The summed E-state index contributed by atoms with van der Waals surface area (Å²) in [4.78, 5) is 16.0. The number of aromatic nitrogens is 4. The molecule has 5 nitrogen and oxygen atoms in total. The second-order valence-electron chi connectivity index (χ2n) is 3.80. The van der Waals surface area contributed by atoms with Crippen LogP contribution in [0.4, 0.5) is 5.82 Å². The number of hydrogen-bond acceptors (Lipinski definition) is 5. The van der Waals surface area contributed by atoms with E-state index in [1.807, 2.05) is 0 Å². The molecule has 2 aromatic heterocycles. The maximum absolute atomic E-state index is 6.12. The average molecular weight is 347 g/mol. The standard InChI is InChI=1S/C11H6Cl3N5S/c12-4-1-6(14)7(2-5(4)13)20-11-18-8-9(15)16-3-17-10(8)19-11/h1-3H,(H3,15,16,17,18,19). The van der Waals surface area contributed by atoms with Crippen LogP contribution in [0.25, 0.3) is 11.2 Å². The summed E-state index contributed by atoms with van der Waals surface area (Å²) < 4.78 is 0. The number of rotatable bonds is 2. The van der Waals surface area contributed by atoms with Crippen molar-refractivity contribution in [3.63, 3.8) is 0 Å². The first kappa shape index (κ1) is 13.8. The van der Waals surface area contributed by atoms with Gasteiger partial charge in [0, 0.05) is 4.90 Å². The minimum absolute atomic E-state index is 0.318. The summed E-state index contributed by atoms with van der Waals surface area (Å²) in [5, 5.41) is 1.91. The van der Waals surface area contributed by atoms with E-state index in [1.54, 1.807) is 12.1 Å². The number of aromatic amines is 1. The van der Waals surface area contributed by atoms with Crippen molar-refractivity contribution in [1.82, 2.24) is 19.9 Å². The number of anilines is 1. The van der Waals surface area contributed by atoms with Gasteiger partial charge in [-0.15, -0.1) is 0 Å². The first-order chi connectivity index (χ1) is 9.54. The Labute approximate surface area is 132 Å².